The second kappa shape index (κ2) is 3.78. The molecule has 1 aromatic carbocycles. The Morgan fingerprint density at radius 1 is 1.31 bits per heavy atom. The van der Waals surface area contributed by atoms with Crippen LogP contribution in [0.4, 0.5) is 0 Å². The van der Waals surface area contributed by atoms with Crippen LogP contribution in [0.25, 0.3) is 0 Å². The molecule has 0 radical (unpaired) electrons. The zero-order valence-electron chi connectivity index (χ0n) is 7.22. The second-order valence-electron chi connectivity index (χ2n) is 3.18. The number of hydrogen-bond acceptors (Lipinski definition) is 2. The molecule has 0 fully saturated rings. The average molecular weight is 243 g/mol. The Bertz CT molecular complexity index is 323. The molecule has 13 heavy (non-hydrogen) atoms. The first-order chi connectivity index (χ1) is 6.31. The van der Waals surface area contributed by atoms with Gasteiger partial charge < -0.3 is 9.84 Å². The highest BCUT2D eigenvalue weighted by Crippen LogP contribution is 2.27. The molecule has 0 atom stereocenters. The van der Waals surface area contributed by atoms with Gasteiger partial charge in [-0.3, -0.25) is 0 Å². The largest absolute Gasteiger partial charge is 0.396 e. The van der Waals surface area contributed by atoms with E-state index in [4.69, 9.17) is 9.84 Å². The summed E-state index contributed by atoms with van der Waals surface area (Å²) in [4.78, 5) is 0. The molecule has 1 N–H and O–H groups in total. The first kappa shape index (κ1) is 9.19. The van der Waals surface area contributed by atoms with E-state index in [0.29, 0.717) is 19.6 Å². The molecule has 0 aliphatic carbocycles. The summed E-state index contributed by atoms with van der Waals surface area (Å²) < 4.78 is 6.39. The summed E-state index contributed by atoms with van der Waals surface area (Å²) >= 11 is 3.48. The van der Waals surface area contributed by atoms with Crippen LogP contribution in [-0.4, -0.2) is 11.7 Å². The van der Waals surface area contributed by atoms with Crippen LogP contribution in [0, 0.1) is 0 Å². The minimum Gasteiger partial charge on any atom is -0.396 e. The lowest BCUT2D eigenvalue weighted by Gasteiger charge is -2.05. The molecule has 0 unspecified atom stereocenters. The van der Waals surface area contributed by atoms with Crippen molar-refractivity contribution in [2.24, 2.45) is 0 Å². The van der Waals surface area contributed by atoms with Crippen molar-refractivity contribution in [3.63, 3.8) is 0 Å². The van der Waals surface area contributed by atoms with Crippen LogP contribution in [0.5, 0.6) is 0 Å². The van der Waals surface area contributed by atoms with Gasteiger partial charge in [0.15, 0.2) is 0 Å². The van der Waals surface area contributed by atoms with Gasteiger partial charge in [-0.05, 0) is 29.2 Å². The lowest BCUT2D eigenvalue weighted by atomic mass is 10.0. The van der Waals surface area contributed by atoms with Gasteiger partial charge in [0.25, 0.3) is 0 Å². The molecular weight excluding hydrogens is 232 g/mol. The molecule has 1 heterocycles. The van der Waals surface area contributed by atoms with Gasteiger partial charge in [-0.1, -0.05) is 22.0 Å². The number of ether oxygens (including phenoxy) is 1. The highest BCUT2D eigenvalue weighted by Gasteiger charge is 2.13. The van der Waals surface area contributed by atoms with Crippen molar-refractivity contribution in [3.8, 4) is 0 Å². The fraction of sp³-hybridized carbons (Fsp3) is 0.400. The highest BCUT2D eigenvalue weighted by atomic mass is 79.9. The van der Waals surface area contributed by atoms with Crippen LogP contribution >= 0.6 is 15.9 Å². The van der Waals surface area contributed by atoms with Crippen molar-refractivity contribution in [1.82, 2.24) is 0 Å². The van der Waals surface area contributed by atoms with Crippen molar-refractivity contribution >= 4 is 15.9 Å². The maximum Gasteiger partial charge on any atom is 0.0725 e. The van der Waals surface area contributed by atoms with Crippen molar-refractivity contribution in [2.75, 3.05) is 6.61 Å². The van der Waals surface area contributed by atoms with E-state index in [0.717, 1.165) is 10.0 Å². The Morgan fingerprint density at radius 3 is 2.69 bits per heavy atom. The summed E-state index contributed by atoms with van der Waals surface area (Å²) in [5.41, 5.74) is 3.67. The van der Waals surface area contributed by atoms with Crippen LogP contribution in [0.15, 0.2) is 16.6 Å². The van der Waals surface area contributed by atoms with E-state index in [2.05, 4.69) is 28.1 Å². The molecule has 1 aromatic rings. The van der Waals surface area contributed by atoms with Crippen molar-refractivity contribution < 1.29 is 9.84 Å². The fourth-order valence-electron chi connectivity index (χ4n) is 1.56. The van der Waals surface area contributed by atoms with Crippen LogP contribution in [0.2, 0.25) is 0 Å². The van der Waals surface area contributed by atoms with Gasteiger partial charge in [-0.25, -0.2) is 0 Å². The lowest BCUT2D eigenvalue weighted by molar-refractivity contribution is 0.134. The Kier molecular flexibility index (Phi) is 2.67. The van der Waals surface area contributed by atoms with Crippen molar-refractivity contribution in [1.29, 1.82) is 0 Å². The summed E-state index contributed by atoms with van der Waals surface area (Å²) in [5.74, 6) is 0. The molecule has 70 valence electrons. The van der Waals surface area contributed by atoms with Crippen LogP contribution < -0.4 is 0 Å². The molecule has 2 nitrogen and oxygen atoms in total. The van der Waals surface area contributed by atoms with Crippen LogP contribution in [0.3, 0.4) is 0 Å². The molecule has 3 heteroatoms. The van der Waals surface area contributed by atoms with Crippen molar-refractivity contribution in [3.05, 3.63) is 33.3 Å². The molecule has 0 saturated carbocycles. The third kappa shape index (κ3) is 1.77. The average Bonchev–Trinajstić information content (AvgIpc) is 2.52. The fourth-order valence-corrected chi connectivity index (χ4v) is 2.15. The third-order valence-electron chi connectivity index (χ3n) is 2.26. The summed E-state index contributed by atoms with van der Waals surface area (Å²) in [6.45, 7) is 1.62. The Balaban J connectivity index is 2.37. The van der Waals surface area contributed by atoms with E-state index < -0.39 is 0 Å². The standard InChI is InChI=1S/C10H11BrO2/c11-10-4-9-6-13-5-8(9)3-7(10)1-2-12/h3-4,12H,1-2,5-6H2. The Labute approximate surface area is 85.7 Å². The number of aliphatic hydroxyl groups excluding tert-OH is 1. The monoisotopic (exact) mass is 242 g/mol. The molecule has 0 bridgehead atoms. The number of aliphatic hydroxyl groups is 1. The molecular formula is C10H11BrO2. The third-order valence-corrected chi connectivity index (χ3v) is 3.00. The van der Waals surface area contributed by atoms with Gasteiger partial charge in [0.1, 0.15) is 0 Å². The topological polar surface area (TPSA) is 29.5 Å². The first-order valence-electron chi connectivity index (χ1n) is 4.30. The number of halogens is 1. The van der Waals surface area contributed by atoms with E-state index in [-0.39, 0.29) is 6.61 Å². The molecule has 1 aliphatic rings. The molecule has 1 aliphatic heterocycles. The smallest absolute Gasteiger partial charge is 0.0725 e. The SMILES string of the molecule is OCCc1cc2c(cc1Br)COC2. The first-order valence-corrected chi connectivity index (χ1v) is 5.09. The van der Waals surface area contributed by atoms with Gasteiger partial charge in [0.05, 0.1) is 13.2 Å². The van der Waals surface area contributed by atoms with E-state index >= 15 is 0 Å². The zero-order valence-corrected chi connectivity index (χ0v) is 8.80. The lowest BCUT2D eigenvalue weighted by Crippen LogP contribution is -1.94. The summed E-state index contributed by atoms with van der Waals surface area (Å²) in [7, 11) is 0. The van der Waals surface area contributed by atoms with Gasteiger partial charge in [0.2, 0.25) is 0 Å². The number of benzene rings is 1. The predicted molar refractivity (Wildman–Crippen MR) is 53.4 cm³/mol. The zero-order chi connectivity index (χ0) is 9.26. The molecule has 0 spiro atoms. The Morgan fingerprint density at radius 2 is 2.00 bits per heavy atom. The van der Waals surface area contributed by atoms with E-state index in [9.17, 15) is 0 Å². The summed E-state index contributed by atoms with van der Waals surface area (Å²) in [6.07, 6.45) is 0.702. The number of hydrogen-bond donors (Lipinski definition) is 1. The summed E-state index contributed by atoms with van der Waals surface area (Å²) in [6, 6.07) is 4.20. The van der Waals surface area contributed by atoms with E-state index in [1.165, 1.54) is 11.1 Å². The maximum absolute atomic E-state index is 8.84. The van der Waals surface area contributed by atoms with Crippen LogP contribution in [0.1, 0.15) is 16.7 Å². The second-order valence-corrected chi connectivity index (χ2v) is 4.03. The van der Waals surface area contributed by atoms with Gasteiger partial charge in [0, 0.05) is 11.1 Å². The minimum atomic E-state index is 0.193. The molecule has 0 aromatic heterocycles. The number of rotatable bonds is 2. The van der Waals surface area contributed by atoms with Gasteiger partial charge >= 0.3 is 0 Å². The summed E-state index contributed by atoms with van der Waals surface area (Å²) in [5, 5.41) is 8.84. The minimum absolute atomic E-state index is 0.193. The van der Waals surface area contributed by atoms with Crippen LogP contribution in [-0.2, 0) is 24.4 Å². The van der Waals surface area contributed by atoms with E-state index in [1.54, 1.807) is 0 Å². The van der Waals surface area contributed by atoms with E-state index in [1.807, 2.05) is 0 Å². The number of fused-ring (bicyclic) bond motifs is 1. The molecule has 0 amide bonds. The quantitative estimate of drug-likeness (QED) is 0.860. The van der Waals surface area contributed by atoms with Crippen molar-refractivity contribution in [2.45, 2.75) is 19.6 Å². The Hall–Kier alpha value is -0.380. The molecule has 0 saturated heterocycles. The maximum atomic E-state index is 8.84. The normalized spacial score (nSPS) is 14.6. The van der Waals surface area contributed by atoms with Gasteiger partial charge in [-0.15, -0.1) is 0 Å². The molecule has 2 rings (SSSR count). The highest BCUT2D eigenvalue weighted by molar-refractivity contribution is 9.10. The van der Waals surface area contributed by atoms with Gasteiger partial charge in [-0.2, -0.15) is 0 Å². The predicted octanol–water partition coefficient (Wildman–Crippen LogP) is 2.01.